The molecule has 3 aromatic rings. The van der Waals surface area contributed by atoms with Crippen LogP contribution in [0.3, 0.4) is 0 Å². The highest BCUT2D eigenvalue weighted by Crippen LogP contribution is 2.20. The molecule has 0 fully saturated rings. The molecule has 0 heterocycles. The predicted octanol–water partition coefficient (Wildman–Crippen LogP) is 4.53. The Balaban J connectivity index is 1.62. The molecule has 0 aromatic heterocycles. The summed E-state index contributed by atoms with van der Waals surface area (Å²) in [5.41, 5.74) is 3.99. The van der Waals surface area contributed by atoms with Crippen LogP contribution in [0.15, 0.2) is 84.9 Å². The molecule has 4 heteroatoms. The van der Waals surface area contributed by atoms with Gasteiger partial charge in [-0.15, -0.1) is 0 Å². The number of amides is 2. The molecule has 0 aliphatic heterocycles. The van der Waals surface area contributed by atoms with Crippen molar-refractivity contribution in [2.45, 2.75) is 32.7 Å². The Morgan fingerprint density at radius 3 is 2.10 bits per heavy atom. The Morgan fingerprint density at radius 1 is 0.800 bits per heavy atom. The van der Waals surface area contributed by atoms with E-state index in [9.17, 15) is 9.59 Å². The first kappa shape index (κ1) is 21.3. The summed E-state index contributed by atoms with van der Waals surface area (Å²) in [5, 5.41) is 2.98. The summed E-state index contributed by atoms with van der Waals surface area (Å²) >= 11 is 0. The van der Waals surface area contributed by atoms with E-state index < -0.39 is 0 Å². The average Bonchev–Trinajstić information content (AvgIpc) is 2.78. The highest BCUT2D eigenvalue weighted by molar-refractivity contribution is 5.93. The molecule has 0 atom stereocenters. The molecule has 0 saturated heterocycles. The van der Waals surface area contributed by atoms with Gasteiger partial charge >= 0.3 is 0 Å². The van der Waals surface area contributed by atoms with Crippen molar-refractivity contribution < 1.29 is 9.59 Å². The second-order valence-corrected chi connectivity index (χ2v) is 7.25. The normalized spacial score (nSPS) is 10.4. The molecule has 3 rings (SSSR count). The fourth-order valence-electron chi connectivity index (χ4n) is 3.35. The van der Waals surface area contributed by atoms with Crippen LogP contribution in [0.25, 0.3) is 0 Å². The van der Waals surface area contributed by atoms with Crippen LogP contribution in [0.2, 0.25) is 0 Å². The van der Waals surface area contributed by atoms with Gasteiger partial charge in [0.05, 0.1) is 13.0 Å². The zero-order valence-electron chi connectivity index (χ0n) is 17.4. The van der Waals surface area contributed by atoms with Gasteiger partial charge in [0.1, 0.15) is 0 Å². The zero-order chi connectivity index (χ0) is 21.2. The Kier molecular flexibility index (Phi) is 7.78. The van der Waals surface area contributed by atoms with E-state index in [2.05, 4.69) is 17.4 Å². The van der Waals surface area contributed by atoms with Crippen molar-refractivity contribution in [2.75, 3.05) is 11.4 Å². The van der Waals surface area contributed by atoms with Crippen LogP contribution in [0.4, 0.5) is 5.69 Å². The zero-order valence-corrected chi connectivity index (χ0v) is 17.4. The standard InChI is InChI=1S/C26H28N2O2/c1-2-26(30)28(20-22-12-7-4-8-13-22)24-15-9-14-23(18-24)19-25(29)27-17-16-21-10-5-3-6-11-21/h3-15,18H,2,16-17,19-20H2,1H3,(H,27,29). The van der Waals surface area contributed by atoms with Gasteiger partial charge in [-0.05, 0) is 35.2 Å². The molecule has 0 unspecified atom stereocenters. The van der Waals surface area contributed by atoms with Gasteiger partial charge in [-0.1, -0.05) is 79.7 Å². The second kappa shape index (κ2) is 11.0. The Bertz CT molecular complexity index is 955. The number of anilines is 1. The quantitative estimate of drug-likeness (QED) is 0.574. The van der Waals surface area contributed by atoms with Gasteiger partial charge in [0, 0.05) is 18.7 Å². The molecule has 3 aromatic carbocycles. The lowest BCUT2D eigenvalue weighted by Crippen LogP contribution is -2.30. The van der Waals surface area contributed by atoms with Gasteiger partial charge in [0.25, 0.3) is 0 Å². The van der Waals surface area contributed by atoms with E-state index >= 15 is 0 Å². The number of carbonyl (C=O) groups is 2. The van der Waals surface area contributed by atoms with Crippen LogP contribution >= 0.6 is 0 Å². The fraction of sp³-hybridized carbons (Fsp3) is 0.231. The van der Waals surface area contributed by atoms with Gasteiger partial charge in [-0.25, -0.2) is 0 Å². The maximum absolute atomic E-state index is 12.6. The number of nitrogens with zero attached hydrogens (tertiary/aromatic N) is 1. The Labute approximate surface area is 178 Å². The van der Waals surface area contributed by atoms with E-state index in [1.54, 1.807) is 4.90 Å². The first-order valence-corrected chi connectivity index (χ1v) is 10.4. The van der Waals surface area contributed by atoms with Crippen LogP contribution in [-0.4, -0.2) is 18.4 Å². The highest BCUT2D eigenvalue weighted by atomic mass is 16.2. The van der Waals surface area contributed by atoms with Gasteiger partial charge < -0.3 is 10.2 Å². The molecular formula is C26H28N2O2. The van der Waals surface area contributed by atoms with Crippen molar-refractivity contribution in [1.29, 1.82) is 0 Å². The Morgan fingerprint density at radius 2 is 1.43 bits per heavy atom. The summed E-state index contributed by atoms with van der Waals surface area (Å²) in [7, 11) is 0. The first-order chi connectivity index (χ1) is 14.7. The molecule has 0 bridgehead atoms. The number of benzene rings is 3. The minimum Gasteiger partial charge on any atom is -0.355 e. The van der Waals surface area contributed by atoms with Crippen molar-refractivity contribution in [3.63, 3.8) is 0 Å². The summed E-state index contributed by atoms with van der Waals surface area (Å²) in [6.45, 7) is 2.99. The molecule has 1 N–H and O–H groups in total. The molecule has 0 aliphatic carbocycles. The minimum absolute atomic E-state index is 0.0143. The summed E-state index contributed by atoms with van der Waals surface area (Å²) < 4.78 is 0. The monoisotopic (exact) mass is 400 g/mol. The largest absolute Gasteiger partial charge is 0.355 e. The highest BCUT2D eigenvalue weighted by Gasteiger charge is 2.15. The van der Waals surface area contributed by atoms with Crippen LogP contribution in [-0.2, 0) is 29.0 Å². The first-order valence-electron chi connectivity index (χ1n) is 10.4. The van der Waals surface area contributed by atoms with Crippen molar-refractivity contribution in [3.8, 4) is 0 Å². The van der Waals surface area contributed by atoms with Crippen LogP contribution < -0.4 is 10.2 Å². The molecular weight excluding hydrogens is 372 g/mol. The van der Waals surface area contributed by atoms with E-state index in [1.807, 2.05) is 79.7 Å². The molecule has 0 saturated carbocycles. The van der Waals surface area contributed by atoms with Crippen LogP contribution in [0.5, 0.6) is 0 Å². The number of rotatable bonds is 9. The second-order valence-electron chi connectivity index (χ2n) is 7.25. The predicted molar refractivity (Wildman–Crippen MR) is 121 cm³/mol. The van der Waals surface area contributed by atoms with E-state index in [1.165, 1.54) is 5.56 Å². The summed E-state index contributed by atoms with van der Waals surface area (Å²) in [6, 6.07) is 27.7. The maximum Gasteiger partial charge on any atom is 0.227 e. The number of hydrogen-bond donors (Lipinski definition) is 1. The maximum atomic E-state index is 12.6. The Hall–Kier alpha value is -3.40. The number of hydrogen-bond acceptors (Lipinski definition) is 2. The average molecular weight is 401 g/mol. The lowest BCUT2D eigenvalue weighted by atomic mass is 10.1. The molecule has 154 valence electrons. The van der Waals surface area contributed by atoms with Crippen molar-refractivity contribution in [2.24, 2.45) is 0 Å². The minimum atomic E-state index is -0.0143. The van der Waals surface area contributed by atoms with Crippen LogP contribution in [0.1, 0.15) is 30.0 Å². The molecule has 4 nitrogen and oxygen atoms in total. The van der Waals surface area contributed by atoms with Gasteiger partial charge in [0.15, 0.2) is 0 Å². The van der Waals surface area contributed by atoms with Crippen molar-refractivity contribution in [1.82, 2.24) is 5.32 Å². The summed E-state index contributed by atoms with van der Waals surface area (Å²) in [5.74, 6) is 0.0443. The summed E-state index contributed by atoms with van der Waals surface area (Å²) in [4.78, 5) is 26.7. The molecule has 0 aliphatic rings. The molecule has 0 spiro atoms. The van der Waals surface area contributed by atoms with Gasteiger partial charge in [-0.2, -0.15) is 0 Å². The van der Waals surface area contributed by atoms with Gasteiger partial charge in [0.2, 0.25) is 11.8 Å². The topological polar surface area (TPSA) is 49.4 Å². The van der Waals surface area contributed by atoms with E-state index in [0.717, 1.165) is 23.2 Å². The third-order valence-corrected chi connectivity index (χ3v) is 4.95. The molecule has 30 heavy (non-hydrogen) atoms. The third-order valence-electron chi connectivity index (χ3n) is 4.95. The van der Waals surface area contributed by atoms with Crippen LogP contribution in [0, 0.1) is 0 Å². The third kappa shape index (κ3) is 6.31. The number of nitrogens with one attached hydrogen (secondary N) is 1. The van der Waals surface area contributed by atoms with E-state index in [0.29, 0.717) is 25.9 Å². The summed E-state index contributed by atoms with van der Waals surface area (Å²) in [6.07, 6.45) is 1.53. The fourth-order valence-corrected chi connectivity index (χ4v) is 3.35. The van der Waals surface area contributed by atoms with Crippen molar-refractivity contribution >= 4 is 17.5 Å². The lowest BCUT2D eigenvalue weighted by Gasteiger charge is -2.23. The number of carbonyl (C=O) groups excluding carboxylic acids is 2. The lowest BCUT2D eigenvalue weighted by molar-refractivity contribution is -0.120. The van der Waals surface area contributed by atoms with E-state index in [-0.39, 0.29) is 11.8 Å². The smallest absolute Gasteiger partial charge is 0.227 e. The van der Waals surface area contributed by atoms with Gasteiger partial charge in [-0.3, -0.25) is 9.59 Å². The SMILES string of the molecule is CCC(=O)N(Cc1ccccc1)c1cccc(CC(=O)NCCc2ccccc2)c1. The van der Waals surface area contributed by atoms with Crippen molar-refractivity contribution in [3.05, 3.63) is 102 Å². The molecule has 2 amide bonds. The molecule has 0 radical (unpaired) electrons. The van der Waals surface area contributed by atoms with E-state index in [4.69, 9.17) is 0 Å².